The molecule has 0 aliphatic carbocycles. The quantitative estimate of drug-likeness (QED) is 0.698. The van der Waals surface area contributed by atoms with E-state index >= 15 is 0 Å². The van der Waals surface area contributed by atoms with Gasteiger partial charge in [0.15, 0.2) is 6.61 Å². The van der Waals surface area contributed by atoms with E-state index < -0.39 is 11.9 Å². The van der Waals surface area contributed by atoms with Crippen LogP contribution in [0.4, 0.5) is 5.69 Å². The second-order valence-electron chi connectivity index (χ2n) is 7.08. The third kappa shape index (κ3) is 5.44. The first-order valence-electron chi connectivity index (χ1n) is 9.94. The molecule has 152 valence electrons. The molecule has 1 N–H and O–H groups in total. The molecule has 0 spiro atoms. The summed E-state index contributed by atoms with van der Waals surface area (Å²) in [6.45, 7) is 2.46. The zero-order valence-electron chi connectivity index (χ0n) is 16.6. The number of para-hydroxylation sites is 1. The van der Waals surface area contributed by atoms with E-state index in [4.69, 9.17) is 4.74 Å². The van der Waals surface area contributed by atoms with Crippen molar-refractivity contribution in [2.45, 2.75) is 26.2 Å². The number of amides is 2. The SMILES string of the molecule is CCc1ccccc1N1C[C@H](C(=O)OCC(=O)NCCc2ccccc2)CC1=O. The molecule has 6 nitrogen and oxygen atoms in total. The van der Waals surface area contributed by atoms with Gasteiger partial charge in [0.2, 0.25) is 5.91 Å². The average molecular weight is 394 g/mol. The number of hydrogen-bond acceptors (Lipinski definition) is 4. The Morgan fingerprint density at radius 2 is 1.83 bits per heavy atom. The molecular formula is C23H26N2O4. The van der Waals surface area contributed by atoms with Gasteiger partial charge in [-0.3, -0.25) is 14.4 Å². The highest BCUT2D eigenvalue weighted by Gasteiger charge is 2.36. The molecule has 1 heterocycles. The third-order valence-electron chi connectivity index (χ3n) is 5.05. The molecule has 0 aromatic heterocycles. The summed E-state index contributed by atoms with van der Waals surface area (Å²) in [6.07, 6.45) is 1.62. The average Bonchev–Trinajstić information content (AvgIpc) is 3.14. The van der Waals surface area contributed by atoms with Gasteiger partial charge in [-0.15, -0.1) is 0 Å². The lowest BCUT2D eigenvalue weighted by atomic mass is 10.1. The number of esters is 1. The minimum absolute atomic E-state index is 0.0971. The van der Waals surface area contributed by atoms with E-state index in [9.17, 15) is 14.4 Å². The van der Waals surface area contributed by atoms with E-state index in [0.29, 0.717) is 13.0 Å². The van der Waals surface area contributed by atoms with Crippen molar-refractivity contribution in [2.75, 3.05) is 24.6 Å². The Hall–Kier alpha value is -3.15. The minimum Gasteiger partial charge on any atom is -0.455 e. The summed E-state index contributed by atoms with van der Waals surface area (Å²) in [5, 5.41) is 2.74. The van der Waals surface area contributed by atoms with Crippen LogP contribution in [-0.2, 0) is 32.0 Å². The fourth-order valence-corrected chi connectivity index (χ4v) is 3.47. The van der Waals surface area contributed by atoms with Gasteiger partial charge in [0, 0.05) is 25.2 Å². The van der Waals surface area contributed by atoms with Gasteiger partial charge in [0.1, 0.15) is 0 Å². The molecular weight excluding hydrogens is 368 g/mol. The Balaban J connectivity index is 1.45. The molecule has 2 aromatic rings. The maximum Gasteiger partial charge on any atom is 0.311 e. The summed E-state index contributed by atoms with van der Waals surface area (Å²) >= 11 is 0. The molecule has 1 saturated heterocycles. The van der Waals surface area contributed by atoms with E-state index in [2.05, 4.69) is 5.32 Å². The lowest BCUT2D eigenvalue weighted by Gasteiger charge is -2.19. The van der Waals surface area contributed by atoms with Crippen molar-refractivity contribution in [3.05, 3.63) is 65.7 Å². The van der Waals surface area contributed by atoms with Gasteiger partial charge in [-0.25, -0.2) is 0 Å². The minimum atomic E-state index is -0.551. The second kappa shape index (κ2) is 9.87. The molecule has 2 aromatic carbocycles. The molecule has 0 unspecified atom stereocenters. The molecule has 1 fully saturated rings. The molecule has 1 atom stereocenters. The zero-order chi connectivity index (χ0) is 20.6. The zero-order valence-corrected chi connectivity index (χ0v) is 16.6. The van der Waals surface area contributed by atoms with Crippen LogP contribution in [0, 0.1) is 5.92 Å². The first-order chi connectivity index (χ1) is 14.1. The molecule has 1 aliphatic rings. The van der Waals surface area contributed by atoms with Crippen LogP contribution in [0.25, 0.3) is 0 Å². The highest BCUT2D eigenvalue weighted by atomic mass is 16.5. The molecule has 3 rings (SSSR count). The van der Waals surface area contributed by atoms with Gasteiger partial charge in [-0.2, -0.15) is 0 Å². The summed E-state index contributed by atoms with van der Waals surface area (Å²) in [7, 11) is 0. The normalized spacial score (nSPS) is 16.0. The van der Waals surface area contributed by atoms with Gasteiger partial charge in [-0.05, 0) is 30.0 Å². The predicted octanol–water partition coefficient (Wildman–Crippen LogP) is 2.50. The van der Waals surface area contributed by atoms with Crippen LogP contribution in [0.2, 0.25) is 0 Å². The Morgan fingerprint density at radius 1 is 1.10 bits per heavy atom. The van der Waals surface area contributed by atoms with E-state index in [1.165, 1.54) is 0 Å². The Bertz CT molecular complexity index is 866. The molecule has 0 saturated carbocycles. The van der Waals surface area contributed by atoms with Crippen LogP contribution in [0.3, 0.4) is 0 Å². The number of rotatable bonds is 8. The van der Waals surface area contributed by atoms with Crippen molar-refractivity contribution in [1.82, 2.24) is 5.32 Å². The van der Waals surface area contributed by atoms with Gasteiger partial charge in [0.25, 0.3) is 5.91 Å². The van der Waals surface area contributed by atoms with E-state index in [1.807, 2.05) is 61.5 Å². The topological polar surface area (TPSA) is 75.7 Å². The van der Waals surface area contributed by atoms with E-state index in [1.54, 1.807) is 4.90 Å². The first-order valence-corrected chi connectivity index (χ1v) is 9.94. The molecule has 1 aliphatic heterocycles. The smallest absolute Gasteiger partial charge is 0.311 e. The monoisotopic (exact) mass is 394 g/mol. The van der Waals surface area contributed by atoms with Crippen molar-refractivity contribution in [1.29, 1.82) is 0 Å². The molecule has 0 bridgehead atoms. The fourth-order valence-electron chi connectivity index (χ4n) is 3.47. The number of hydrogen-bond donors (Lipinski definition) is 1. The predicted molar refractivity (Wildman–Crippen MR) is 110 cm³/mol. The van der Waals surface area contributed by atoms with Crippen molar-refractivity contribution < 1.29 is 19.1 Å². The maximum absolute atomic E-state index is 12.4. The van der Waals surface area contributed by atoms with Crippen LogP contribution >= 0.6 is 0 Å². The number of nitrogens with one attached hydrogen (secondary N) is 1. The number of anilines is 1. The second-order valence-corrected chi connectivity index (χ2v) is 7.08. The number of aryl methyl sites for hydroxylation is 1. The van der Waals surface area contributed by atoms with Crippen LogP contribution in [0.1, 0.15) is 24.5 Å². The number of benzene rings is 2. The highest BCUT2D eigenvalue weighted by molar-refractivity contribution is 6.00. The molecule has 2 amide bonds. The summed E-state index contributed by atoms with van der Waals surface area (Å²) < 4.78 is 5.15. The van der Waals surface area contributed by atoms with Crippen molar-refractivity contribution in [3.8, 4) is 0 Å². The standard InChI is InChI=1S/C23H26N2O4/c1-2-18-10-6-7-11-20(18)25-15-19(14-22(25)27)23(28)29-16-21(26)24-13-12-17-8-4-3-5-9-17/h3-11,19H,2,12-16H2,1H3,(H,24,26)/t19-/m1/s1. The number of ether oxygens (including phenoxy) is 1. The lowest BCUT2D eigenvalue weighted by molar-refractivity contribution is -0.152. The van der Waals surface area contributed by atoms with Crippen LogP contribution < -0.4 is 10.2 Å². The van der Waals surface area contributed by atoms with Crippen LogP contribution in [0.15, 0.2) is 54.6 Å². The Morgan fingerprint density at radius 3 is 2.59 bits per heavy atom. The molecule has 0 radical (unpaired) electrons. The highest BCUT2D eigenvalue weighted by Crippen LogP contribution is 2.29. The van der Waals surface area contributed by atoms with Crippen molar-refractivity contribution in [2.24, 2.45) is 5.92 Å². The Labute approximate surface area is 170 Å². The maximum atomic E-state index is 12.4. The van der Waals surface area contributed by atoms with Gasteiger partial charge in [0.05, 0.1) is 5.92 Å². The van der Waals surface area contributed by atoms with Crippen LogP contribution in [0.5, 0.6) is 0 Å². The van der Waals surface area contributed by atoms with Crippen LogP contribution in [-0.4, -0.2) is 37.5 Å². The van der Waals surface area contributed by atoms with E-state index in [-0.39, 0.29) is 31.4 Å². The Kier molecular flexibility index (Phi) is 7.00. The number of nitrogens with zero attached hydrogens (tertiary/aromatic N) is 1. The van der Waals surface area contributed by atoms with E-state index in [0.717, 1.165) is 23.2 Å². The number of carbonyl (C=O) groups excluding carboxylic acids is 3. The summed E-state index contributed by atoms with van der Waals surface area (Å²) in [6, 6.07) is 17.5. The van der Waals surface area contributed by atoms with Gasteiger partial charge in [-0.1, -0.05) is 55.5 Å². The summed E-state index contributed by atoms with van der Waals surface area (Å²) in [4.78, 5) is 38.3. The molecule has 6 heteroatoms. The third-order valence-corrected chi connectivity index (χ3v) is 5.05. The summed E-state index contributed by atoms with van der Waals surface area (Å²) in [5.41, 5.74) is 3.03. The first kappa shape index (κ1) is 20.6. The van der Waals surface area contributed by atoms with Crippen molar-refractivity contribution >= 4 is 23.5 Å². The van der Waals surface area contributed by atoms with Gasteiger partial charge >= 0.3 is 5.97 Å². The van der Waals surface area contributed by atoms with Crippen molar-refractivity contribution in [3.63, 3.8) is 0 Å². The number of carbonyl (C=O) groups is 3. The summed E-state index contributed by atoms with van der Waals surface area (Å²) in [5.74, 6) is -1.50. The van der Waals surface area contributed by atoms with Gasteiger partial charge < -0.3 is 15.0 Å². The largest absolute Gasteiger partial charge is 0.455 e. The fraction of sp³-hybridized carbons (Fsp3) is 0.348. The lowest BCUT2D eigenvalue weighted by Crippen LogP contribution is -2.32. The molecule has 29 heavy (non-hydrogen) atoms.